The van der Waals surface area contributed by atoms with E-state index in [1.54, 1.807) is 0 Å². The van der Waals surface area contributed by atoms with Crippen LogP contribution in [0.3, 0.4) is 0 Å². The first kappa shape index (κ1) is 12.2. The van der Waals surface area contributed by atoms with Gasteiger partial charge in [0.05, 0.1) is 5.69 Å². The molecule has 1 rings (SSSR count). The first-order valence-corrected chi connectivity index (χ1v) is 5.82. The summed E-state index contributed by atoms with van der Waals surface area (Å²) in [6.45, 7) is 8.91. The van der Waals surface area contributed by atoms with Crippen molar-refractivity contribution in [1.82, 2.24) is 10.3 Å². The molecular formula is C13H22N2. The van der Waals surface area contributed by atoms with Crippen molar-refractivity contribution >= 4 is 0 Å². The number of rotatable bonds is 5. The Morgan fingerprint density at radius 2 is 2.00 bits per heavy atom. The molecule has 0 aliphatic carbocycles. The van der Waals surface area contributed by atoms with Crippen molar-refractivity contribution in [1.29, 1.82) is 0 Å². The van der Waals surface area contributed by atoms with Crippen molar-refractivity contribution in [3.05, 3.63) is 30.1 Å². The van der Waals surface area contributed by atoms with Crippen molar-refractivity contribution < 1.29 is 0 Å². The zero-order valence-electron chi connectivity index (χ0n) is 10.2. The highest BCUT2D eigenvalue weighted by Gasteiger charge is 2.15. The second kappa shape index (κ2) is 5.86. The molecule has 0 aromatic carbocycles. The van der Waals surface area contributed by atoms with E-state index in [9.17, 15) is 0 Å². The Balaban J connectivity index is 2.58. The fourth-order valence-electron chi connectivity index (χ4n) is 1.82. The molecule has 0 saturated heterocycles. The molecule has 0 unspecified atom stereocenters. The highest BCUT2D eigenvalue weighted by Crippen LogP contribution is 2.13. The Morgan fingerprint density at radius 1 is 1.27 bits per heavy atom. The Morgan fingerprint density at radius 3 is 2.47 bits per heavy atom. The summed E-state index contributed by atoms with van der Waals surface area (Å²) in [4.78, 5) is 4.36. The summed E-state index contributed by atoms with van der Waals surface area (Å²) in [7, 11) is 0. The van der Waals surface area contributed by atoms with Crippen LogP contribution in [0.15, 0.2) is 24.4 Å². The Kier molecular flexibility index (Phi) is 4.76. The maximum atomic E-state index is 4.36. The molecule has 2 atom stereocenters. The predicted octanol–water partition coefficient (Wildman–Crippen LogP) is 3.17. The molecule has 84 valence electrons. The minimum atomic E-state index is 0.332. The van der Waals surface area contributed by atoms with Crippen LogP contribution < -0.4 is 5.32 Å². The van der Waals surface area contributed by atoms with Gasteiger partial charge in [-0.25, -0.2) is 0 Å². The first-order valence-electron chi connectivity index (χ1n) is 5.82. The normalized spacial score (nSPS) is 15.3. The first-order chi connectivity index (χ1) is 7.15. The van der Waals surface area contributed by atoms with E-state index in [4.69, 9.17) is 0 Å². The molecule has 15 heavy (non-hydrogen) atoms. The van der Waals surface area contributed by atoms with E-state index in [-0.39, 0.29) is 0 Å². The van der Waals surface area contributed by atoms with E-state index < -0.39 is 0 Å². The molecule has 1 N–H and O–H groups in total. The van der Waals surface area contributed by atoms with E-state index in [0.717, 1.165) is 12.1 Å². The van der Waals surface area contributed by atoms with Gasteiger partial charge in [0.1, 0.15) is 0 Å². The van der Waals surface area contributed by atoms with Crippen molar-refractivity contribution in [3.8, 4) is 0 Å². The van der Waals surface area contributed by atoms with Crippen LogP contribution in [0.4, 0.5) is 0 Å². The summed E-state index contributed by atoms with van der Waals surface area (Å²) in [5.74, 6) is 0.668. The third kappa shape index (κ3) is 3.63. The zero-order chi connectivity index (χ0) is 11.3. The average molecular weight is 206 g/mol. The van der Waals surface area contributed by atoms with Gasteiger partial charge in [0, 0.05) is 18.3 Å². The highest BCUT2D eigenvalue weighted by molar-refractivity contribution is 5.07. The lowest BCUT2D eigenvalue weighted by Crippen LogP contribution is -2.35. The molecule has 0 bridgehead atoms. The Labute approximate surface area is 93.1 Å². The molecule has 0 radical (unpaired) electrons. The number of hydrogen-bond acceptors (Lipinski definition) is 2. The Hall–Kier alpha value is -0.890. The van der Waals surface area contributed by atoms with Crippen LogP contribution in [0, 0.1) is 5.92 Å². The molecule has 2 heteroatoms. The van der Waals surface area contributed by atoms with Gasteiger partial charge in [0.25, 0.3) is 0 Å². The van der Waals surface area contributed by atoms with Gasteiger partial charge in [-0.1, -0.05) is 26.8 Å². The molecule has 0 fully saturated rings. The van der Waals surface area contributed by atoms with E-state index >= 15 is 0 Å². The number of nitrogens with zero attached hydrogens (tertiary/aromatic N) is 1. The minimum absolute atomic E-state index is 0.332. The summed E-state index contributed by atoms with van der Waals surface area (Å²) < 4.78 is 0. The summed E-state index contributed by atoms with van der Waals surface area (Å²) in [5.41, 5.74) is 1.12. The molecular weight excluding hydrogens is 184 g/mol. The fourth-order valence-corrected chi connectivity index (χ4v) is 1.82. The molecule has 0 aliphatic heterocycles. The summed E-state index contributed by atoms with van der Waals surface area (Å²) in [6, 6.07) is 6.97. The van der Waals surface area contributed by atoms with Crippen LogP contribution >= 0.6 is 0 Å². The molecule has 0 saturated carbocycles. The standard InChI is InChI=1S/C13H22N2/c1-5-12(10(2)3)15-11(4)13-8-6-7-9-14-13/h6-12,15H,5H2,1-4H3/t11-,12-/m1/s1. The lowest BCUT2D eigenvalue weighted by atomic mass is 10.0. The van der Waals surface area contributed by atoms with Gasteiger partial charge >= 0.3 is 0 Å². The van der Waals surface area contributed by atoms with Crippen molar-refractivity contribution in [3.63, 3.8) is 0 Å². The molecule has 0 amide bonds. The zero-order valence-corrected chi connectivity index (χ0v) is 10.2. The van der Waals surface area contributed by atoms with Gasteiger partial charge in [-0.2, -0.15) is 0 Å². The summed E-state index contributed by atoms with van der Waals surface area (Å²) >= 11 is 0. The lowest BCUT2D eigenvalue weighted by molar-refractivity contribution is 0.353. The van der Waals surface area contributed by atoms with E-state index in [1.807, 2.05) is 18.3 Å². The summed E-state index contributed by atoms with van der Waals surface area (Å²) in [6.07, 6.45) is 3.01. The molecule has 2 nitrogen and oxygen atoms in total. The van der Waals surface area contributed by atoms with Crippen LogP contribution in [0.2, 0.25) is 0 Å². The molecule has 1 heterocycles. The monoisotopic (exact) mass is 206 g/mol. The van der Waals surface area contributed by atoms with E-state index in [1.165, 1.54) is 0 Å². The van der Waals surface area contributed by atoms with Crippen LogP contribution in [-0.2, 0) is 0 Å². The topological polar surface area (TPSA) is 24.9 Å². The molecule has 1 aromatic rings. The van der Waals surface area contributed by atoms with Crippen LogP contribution in [0.5, 0.6) is 0 Å². The number of pyridine rings is 1. The van der Waals surface area contributed by atoms with Gasteiger partial charge in [-0.15, -0.1) is 0 Å². The fraction of sp³-hybridized carbons (Fsp3) is 0.615. The smallest absolute Gasteiger partial charge is 0.0570 e. The third-order valence-corrected chi connectivity index (χ3v) is 2.84. The maximum absolute atomic E-state index is 4.36. The predicted molar refractivity (Wildman–Crippen MR) is 64.7 cm³/mol. The molecule has 0 spiro atoms. The number of hydrogen-bond donors (Lipinski definition) is 1. The minimum Gasteiger partial charge on any atom is -0.306 e. The van der Waals surface area contributed by atoms with E-state index in [2.05, 4.69) is 44.1 Å². The largest absolute Gasteiger partial charge is 0.306 e. The van der Waals surface area contributed by atoms with Gasteiger partial charge in [-0.05, 0) is 31.4 Å². The third-order valence-electron chi connectivity index (χ3n) is 2.84. The molecule has 1 aromatic heterocycles. The van der Waals surface area contributed by atoms with Crippen LogP contribution in [-0.4, -0.2) is 11.0 Å². The maximum Gasteiger partial charge on any atom is 0.0570 e. The van der Waals surface area contributed by atoms with Crippen molar-refractivity contribution in [2.24, 2.45) is 5.92 Å². The van der Waals surface area contributed by atoms with Crippen molar-refractivity contribution in [2.45, 2.75) is 46.2 Å². The van der Waals surface area contributed by atoms with Crippen molar-refractivity contribution in [2.75, 3.05) is 0 Å². The van der Waals surface area contributed by atoms with Gasteiger partial charge in [0.2, 0.25) is 0 Å². The Bertz CT molecular complexity index is 269. The quantitative estimate of drug-likeness (QED) is 0.800. The highest BCUT2D eigenvalue weighted by atomic mass is 15.0. The second-order valence-corrected chi connectivity index (χ2v) is 4.40. The van der Waals surface area contributed by atoms with Gasteiger partial charge in [0.15, 0.2) is 0 Å². The van der Waals surface area contributed by atoms with Gasteiger partial charge < -0.3 is 5.32 Å². The number of nitrogens with one attached hydrogen (secondary N) is 1. The summed E-state index contributed by atoms with van der Waals surface area (Å²) in [5, 5.41) is 3.62. The van der Waals surface area contributed by atoms with Crippen LogP contribution in [0.25, 0.3) is 0 Å². The van der Waals surface area contributed by atoms with Gasteiger partial charge in [-0.3, -0.25) is 4.98 Å². The average Bonchev–Trinajstić information content (AvgIpc) is 2.26. The van der Waals surface area contributed by atoms with Crippen LogP contribution in [0.1, 0.15) is 45.9 Å². The molecule has 0 aliphatic rings. The van der Waals surface area contributed by atoms with E-state index in [0.29, 0.717) is 18.0 Å². The number of aromatic nitrogens is 1. The lowest BCUT2D eigenvalue weighted by Gasteiger charge is -2.25. The second-order valence-electron chi connectivity index (χ2n) is 4.40. The SMILES string of the molecule is CC[C@@H](N[C@H](C)c1ccccn1)C(C)C.